The summed E-state index contributed by atoms with van der Waals surface area (Å²) >= 11 is 1.51. The van der Waals surface area contributed by atoms with Gasteiger partial charge in [-0.3, -0.25) is 4.79 Å². The minimum Gasteiger partial charge on any atom is -0.491 e. The van der Waals surface area contributed by atoms with Gasteiger partial charge < -0.3 is 15.4 Å². The number of nitrogens with zero attached hydrogens (tertiary/aromatic N) is 1. The van der Waals surface area contributed by atoms with Crippen molar-refractivity contribution in [2.75, 3.05) is 24.3 Å². The maximum absolute atomic E-state index is 11.9. The largest absolute Gasteiger partial charge is 0.491 e. The first kappa shape index (κ1) is 12.0. The van der Waals surface area contributed by atoms with Crippen molar-refractivity contribution < 1.29 is 9.53 Å². The fourth-order valence-electron chi connectivity index (χ4n) is 2.14. The molecule has 0 aliphatic carbocycles. The monoisotopic (exact) mass is 274 g/mol. The Bertz CT molecular complexity index is 636. The van der Waals surface area contributed by atoms with Crippen molar-refractivity contribution in [1.29, 1.82) is 0 Å². The summed E-state index contributed by atoms with van der Waals surface area (Å²) in [5.74, 6) is 0.820. The van der Waals surface area contributed by atoms with Crippen LogP contribution in [0.25, 0.3) is 11.1 Å². The molecule has 1 aliphatic rings. The van der Waals surface area contributed by atoms with Crippen molar-refractivity contribution in [3.63, 3.8) is 0 Å². The van der Waals surface area contributed by atoms with Gasteiger partial charge in [-0.05, 0) is 29.3 Å². The molecule has 5 heteroatoms. The van der Waals surface area contributed by atoms with Crippen molar-refractivity contribution >= 4 is 27.9 Å². The zero-order valence-corrected chi connectivity index (χ0v) is 11.4. The molecule has 1 aliphatic heterocycles. The number of carbonyl (C=O) groups excluding carboxylic acids is 1. The van der Waals surface area contributed by atoms with Crippen molar-refractivity contribution in [2.45, 2.75) is 6.42 Å². The Morgan fingerprint density at radius 3 is 2.89 bits per heavy atom. The molecule has 1 aromatic heterocycles. The van der Waals surface area contributed by atoms with Gasteiger partial charge in [0.05, 0.1) is 23.7 Å². The lowest BCUT2D eigenvalue weighted by atomic mass is 10.1. The summed E-state index contributed by atoms with van der Waals surface area (Å²) in [6.07, 6.45) is 0.409. The highest BCUT2D eigenvalue weighted by atomic mass is 32.1. The first-order chi connectivity index (χ1) is 9.15. The van der Waals surface area contributed by atoms with E-state index < -0.39 is 0 Å². The van der Waals surface area contributed by atoms with E-state index in [-0.39, 0.29) is 5.91 Å². The molecule has 98 valence electrons. The molecule has 2 N–H and O–H groups in total. The van der Waals surface area contributed by atoms with Crippen LogP contribution in [0.3, 0.4) is 0 Å². The van der Waals surface area contributed by atoms with Gasteiger partial charge in [-0.25, -0.2) is 0 Å². The van der Waals surface area contributed by atoms with Crippen molar-refractivity contribution in [1.82, 2.24) is 0 Å². The Morgan fingerprint density at radius 2 is 2.16 bits per heavy atom. The van der Waals surface area contributed by atoms with Gasteiger partial charge in [-0.2, -0.15) is 0 Å². The topological polar surface area (TPSA) is 55.6 Å². The van der Waals surface area contributed by atoms with Crippen LogP contribution < -0.4 is 15.4 Å². The molecule has 4 nitrogen and oxygen atoms in total. The molecule has 0 fully saturated rings. The highest BCUT2D eigenvalue weighted by Crippen LogP contribution is 2.36. The normalized spacial score (nSPS) is 14.8. The Balaban J connectivity index is 2.07. The van der Waals surface area contributed by atoms with Gasteiger partial charge in [0.15, 0.2) is 0 Å². The van der Waals surface area contributed by atoms with Crippen LogP contribution >= 0.6 is 11.3 Å². The molecule has 0 atom stereocenters. The zero-order chi connectivity index (χ0) is 13.4. The van der Waals surface area contributed by atoms with Crippen LogP contribution in [-0.2, 0) is 4.79 Å². The second-order valence-corrected chi connectivity index (χ2v) is 5.41. The smallest absolute Gasteiger partial charge is 0.230 e. The Labute approximate surface area is 115 Å². The zero-order valence-electron chi connectivity index (χ0n) is 10.6. The minimum atomic E-state index is 0.0701. The van der Waals surface area contributed by atoms with Gasteiger partial charge in [0.25, 0.3) is 0 Å². The van der Waals surface area contributed by atoms with Crippen LogP contribution in [0.2, 0.25) is 0 Å². The van der Waals surface area contributed by atoms with E-state index in [4.69, 9.17) is 10.5 Å². The van der Waals surface area contributed by atoms with E-state index in [9.17, 15) is 4.79 Å². The third-order valence-electron chi connectivity index (χ3n) is 3.22. The lowest BCUT2D eigenvalue weighted by Crippen LogP contribution is -2.25. The molecule has 3 rings (SSSR count). The number of carbonyl (C=O) groups is 1. The Kier molecular flexibility index (Phi) is 2.91. The third kappa shape index (κ3) is 2.17. The van der Waals surface area contributed by atoms with Crippen LogP contribution in [0, 0.1) is 0 Å². The van der Waals surface area contributed by atoms with Crippen LogP contribution in [0.1, 0.15) is 6.42 Å². The van der Waals surface area contributed by atoms with Gasteiger partial charge >= 0.3 is 0 Å². The minimum absolute atomic E-state index is 0.0701. The fourth-order valence-corrected chi connectivity index (χ4v) is 2.80. The molecular weight excluding hydrogens is 260 g/mol. The summed E-state index contributed by atoms with van der Waals surface area (Å²) in [5.41, 5.74) is 8.67. The number of anilines is 2. The number of ether oxygens (including phenoxy) is 1. The molecule has 0 saturated heterocycles. The number of hydrogen-bond acceptors (Lipinski definition) is 4. The standard InChI is InChI=1S/C14H14N2O2S/c1-16-11-6-9(10-7-13(15)19-8-10)2-3-12(11)18-5-4-14(16)17/h2-3,6-8H,4-5,15H2,1H3. The summed E-state index contributed by atoms with van der Waals surface area (Å²) < 4.78 is 5.60. The second kappa shape index (κ2) is 4.59. The van der Waals surface area contributed by atoms with Crippen molar-refractivity contribution in [2.24, 2.45) is 0 Å². The molecule has 1 aromatic carbocycles. The second-order valence-electron chi connectivity index (χ2n) is 4.47. The van der Waals surface area contributed by atoms with E-state index in [0.717, 1.165) is 27.6 Å². The van der Waals surface area contributed by atoms with E-state index in [2.05, 4.69) is 0 Å². The number of hydrogen-bond donors (Lipinski definition) is 1. The quantitative estimate of drug-likeness (QED) is 0.870. The van der Waals surface area contributed by atoms with Crippen LogP contribution in [0.5, 0.6) is 5.75 Å². The average molecular weight is 274 g/mol. The van der Waals surface area contributed by atoms with Gasteiger partial charge in [0.1, 0.15) is 5.75 Å². The van der Waals surface area contributed by atoms with Gasteiger partial charge in [0.2, 0.25) is 5.91 Å². The van der Waals surface area contributed by atoms with E-state index >= 15 is 0 Å². The summed E-state index contributed by atoms with van der Waals surface area (Å²) in [4.78, 5) is 13.5. The maximum Gasteiger partial charge on any atom is 0.230 e. The van der Waals surface area contributed by atoms with Crippen LogP contribution in [0.15, 0.2) is 29.6 Å². The molecule has 0 unspecified atom stereocenters. The summed E-state index contributed by atoms with van der Waals surface area (Å²) in [6, 6.07) is 7.81. The predicted octanol–water partition coefficient (Wildman–Crippen LogP) is 2.74. The molecule has 0 saturated carbocycles. The predicted molar refractivity (Wildman–Crippen MR) is 77.7 cm³/mol. The number of rotatable bonds is 1. The SMILES string of the molecule is CN1C(=O)CCOc2ccc(-c3csc(N)c3)cc21. The first-order valence-corrected chi connectivity index (χ1v) is 6.91. The molecule has 19 heavy (non-hydrogen) atoms. The first-order valence-electron chi connectivity index (χ1n) is 6.03. The number of benzene rings is 1. The lowest BCUT2D eigenvalue weighted by Gasteiger charge is -2.17. The van der Waals surface area contributed by atoms with Crippen molar-refractivity contribution in [3.8, 4) is 16.9 Å². The molecular formula is C14H14N2O2S. The number of nitrogen functional groups attached to an aromatic ring is 1. The third-order valence-corrected chi connectivity index (χ3v) is 3.98. The Morgan fingerprint density at radius 1 is 1.32 bits per heavy atom. The summed E-state index contributed by atoms with van der Waals surface area (Å²) in [5, 5.41) is 2.79. The number of nitrogens with two attached hydrogens (primary N) is 1. The molecule has 0 spiro atoms. The summed E-state index contributed by atoms with van der Waals surface area (Å²) in [6.45, 7) is 0.431. The average Bonchev–Trinajstić information content (AvgIpc) is 2.79. The molecule has 0 bridgehead atoms. The number of thiophene rings is 1. The van der Waals surface area contributed by atoms with E-state index in [1.807, 2.05) is 29.6 Å². The van der Waals surface area contributed by atoms with Gasteiger partial charge in [-0.1, -0.05) is 6.07 Å². The van der Waals surface area contributed by atoms with Gasteiger partial charge in [0, 0.05) is 12.4 Å². The van der Waals surface area contributed by atoms with E-state index in [0.29, 0.717) is 13.0 Å². The number of amides is 1. The molecule has 2 aromatic rings. The Hall–Kier alpha value is -2.01. The molecule has 1 amide bonds. The lowest BCUT2D eigenvalue weighted by molar-refractivity contribution is -0.118. The van der Waals surface area contributed by atoms with Crippen LogP contribution in [-0.4, -0.2) is 19.6 Å². The maximum atomic E-state index is 11.9. The summed E-state index contributed by atoms with van der Waals surface area (Å²) in [7, 11) is 1.78. The molecule has 0 radical (unpaired) electrons. The van der Waals surface area contributed by atoms with E-state index in [1.165, 1.54) is 11.3 Å². The van der Waals surface area contributed by atoms with Crippen LogP contribution in [0.4, 0.5) is 10.7 Å². The fraction of sp³-hybridized carbons (Fsp3) is 0.214. The highest BCUT2D eigenvalue weighted by Gasteiger charge is 2.20. The molecule has 2 heterocycles. The number of fused-ring (bicyclic) bond motifs is 1. The van der Waals surface area contributed by atoms with E-state index in [1.54, 1.807) is 11.9 Å². The van der Waals surface area contributed by atoms with Gasteiger partial charge in [-0.15, -0.1) is 11.3 Å². The van der Waals surface area contributed by atoms with Crippen molar-refractivity contribution in [3.05, 3.63) is 29.6 Å². The highest BCUT2D eigenvalue weighted by molar-refractivity contribution is 7.14.